The first-order chi connectivity index (χ1) is 25.2. The third kappa shape index (κ3) is 39.1. The third-order valence-corrected chi connectivity index (χ3v) is 9.76. The number of nitrogens with one attached hydrogen (secondary N) is 1. The molecule has 0 aromatic heterocycles. The van der Waals surface area contributed by atoms with E-state index in [-0.39, 0.29) is 12.5 Å². The van der Waals surface area contributed by atoms with Gasteiger partial charge in [-0.1, -0.05) is 209 Å². The molecule has 4 heteroatoms. The number of unbranched alkanes of at least 4 members (excludes halogenated alkanes) is 24. The lowest BCUT2D eigenvalue weighted by atomic mass is 10.0. The summed E-state index contributed by atoms with van der Waals surface area (Å²) in [6.07, 6.45) is 58.9. The molecular formula is C47H85NO3. The summed E-state index contributed by atoms with van der Waals surface area (Å²) in [5, 5.41) is 23.0. The molecule has 0 aliphatic rings. The second-order valence-electron chi connectivity index (χ2n) is 14.7. The summed E-state index contributed by atoms with van der Waals surface area (Å²) >= 11 is 0. The molecule has 0 aromatic rings. The van der Waals surface area contributed by atoms with Crippen LogP contribution in [0.25, 0.3) is 0 Å². The summed E-state index contributed by atoms with van der Waals surface area (Å²) < 4.78 is 0. The first-order valence-corrected chi connectivity index (χ1v) is 22.0. The van der Waals surface area contributed by atoms with Crippen LogP contribution in [0.5, 0.6) is 0 Å². The van der Waals surface area contributed by atoms with Gasteiger partial charge in [-0.2, -0.15) is 0 Å². The Hall–Kier alpha value is -1.91. The molecular weight excluding hydrogens is 627 g/mol. The lowest BCUT2D eigenvalue weighted by Gasteiger charge is -2.20. The number of hydrogen-bond donors (Lipinski definition) is 3. The van der Waals surface area contributed by atoms with Crippen molar-refractivity contribution < 1.29 is 15.0 Å². The average molecular weight is 712 g/mol. The van der Waals surface area contributed by atoms with Crippen LogP contribution >= 0.6 is 0 Å². The van der Waals surface area contributed by atoms with E-state index in [4.69, 9.17) is 0 Å². The van der Waals surface area contributed by atoms with Crippen molar-refractivity contribution in [3.05, 3.63) is 60.8 Å². The molecule has 0 saturated carbocycles. The molecule has 1 amide bonds. The number of rotatable bonds is 39. The van der Waals surface area contributed by atoms with Crippen LogP contribution < -0.4 is 5.32 Å². The maximum Gasteiger partial charge on any atom is 0.220 e. The molecule has 2 atom stereocenters. The monoisotopic (exact) mass is 712 g/mol. The standard InChI is InChI=1S/C47H85NO3/c1-3-5-7-9-11-13-15-17-19-21-23-24-25-27-29-31-33-35-37-39-41-43-47(51)48-45(44-49)46(50)42-40-38-36-34-32-30-28-26-22-20-18-16-14-12-10-8-6-4-2/h5,7,11,13,17,19,23-24,40,42,45-46,49-50H,3-4,6,8-10,12,14-16,18,20-22,25-39,41,43-44H2,1-2H3,(H,48,51)/b7-5-,13-11-,19-17-,24-23-,42-40+. The lowest BCUT2D eigenvalue weighted by molar-refractivity contribution is -0.123. The number of carbonyl (C=O) groups is 1. The Morgan fingerprint density at radius 1 is 0.490 bits per heavy atom. The zero-order chi connectivity index (χ0) is 37.1. The maximum absolute atomic E-state index is 12.4. The number of hydrogen-bond acceptors (Lipinski definition) is 3. The van der Waals surface area contributed by atoms with E-state index in [1.165, 1.54) is 135 Å². The number of aliphatic hydroxyl groups is 2. The highest BCUT2D eigenvalue weighted by atomic mass is 16.3. The molecule has 51 heavy (non-hydrogen) atoms. The average Bonchev–Trinajstić information content (AvgIpc) is 3.13. The van der Waals surface area contributed by atoms with Crippen molar-refractivity contribution in [1.82, 2.24) is 5.32 Å². The number of aliphatic hydroxyl groups excluding tert-OH is 2. The fourth-order valence-electron chi connectivity index (χ4n) is 6.40. The van der Waals surface area contributed by atoms with Crippen molar-refractivity contribution in [2.24, 2.45) is 0 Å². The van der Waals surface area contributed by atoms with Gasteiger partial charge >= 0.3 is 0 Å². The fraction of sp³-hybridized carbons (Fsp3) is 0.766. The van der Waals surface area contributed by atoms with Gasteiger partial charge in [-0.25, -0.2) is 0 Å². The topological polar surface area (TPSA) is 69.6 Å². The molecule has 0 heterocycles. The molecule has 0 rings (SSSR count). The van der Waals surface area contributed by atoms with Crippen LogP contribution in [0.1, 0.15) is 213 Å². The molecule has 2 unspecified atom stereocenters. The van der Waals surface area contributed by atoms with Crippen LogP contribution in [0.2, 0.25) is 0 Å². The van der Waals surface area contributed by atoms with Crippen molar-refractivity contribution in [3.63, 3.8) is 0 Å². The molecule has 4 nitrogen and oxygen atoms in total. The zero-order valence-electron chi connectivity index (χ0n) is 33.9. The Balaban J connectivity index is 3.61. The summed E-state index contributed by atoms with van der Waals surface area (Å²) in [5.41, 5.74) is 0. The van der Waals surface area contributed by atoms with Crippen molar-refractivity contribution in [2.45, 2.75) is 225 Å². The van der Waals surface area contributed by atoms with Gasteiger partial charge in [-0.3, -0.25) is 4.79 Å². The highest BCUT2D eigenvalue weighted by Gasteiger charge is 2.17. The Labute approximate surface area is 317 Å². The van der Waals surface area contributed by atoms with Gasteiger partial charge in [0.1, 0.15) is 0 Å². The predicted molar refractivity (Wildman–Crippen MR) is 225 cm³/mol. The Bertz CT molecular complexity index is 858. The van der Waals surface area contributed by atoms with Crippen LogP contribution in [0, 0.1) is 0 Å². The maximum atomic E-state index is 12.4. The van der Waals surface area contributed by atoms with Gasteiger partial charge in [0.25, 0.3) is 0 Å². The van der Waals surface area contributed by atoms with Gasteiger partial charge in [0.15, 0.2) is 0 Å². The van der Waals surface area contributed by atoms with Gasteiger partial charge in [-0.15, -0.1) is 0 Å². The summed E-state index contributed by atoms with van der Waals surface area (Å²) in [6.45, 7) is 4.19. The molecule has 0 fully saturated rings. The fourth-order valence-corrected chi connectivity index (χ4v) is 6.40. The van der Waals surface area contributed by atoms with Crippen LogP contribution in [-0.2, 0) is 4.79 Å². The summed E-state index contributed by atoms with van der Waals surface area (Å²) in [7, 11) is 0. The van der Waals surface area contributed by atoms with E-state index in [0.29, 0.717) is 6.42 Å². The first kappa shape index (κ1) is 49.1. The van der Waals surface area contributed by atoms with Crippen LogP contribution in [0.3, 0.4) is 0 Å². The Morgan fingerprint density at radius 2 is 0.863 bits per heavy atom. The molecule has 0 spiro atoms. The molecule has 0 aliphatic carbocycles. The quantitative estimate of drug-likeness (QED) is 0.0439. The third-order valence-electron chi connectivity index (χ3n) is 9.76. The lowest BCUT2D eigenvalue weighted by Crippen LogP contribution is -2.45. The second-order valence-corrected chi connectivity index (χ2v) is 14.7. The van der Waals surface area contributed by atoms with E-state index in [1.807, 2.05) is 6.08 Å². The summed E-state index contributed by atoms with van der Waals surface area (Å²) in [5.74, 6) is -0.0739. The van der Waals surface area contributed by atoms with E-state index in [9.17, 15) is 15.0 Å². The highest BCUT2D eigenvalue weighted by molar-refractivity contribution is 5.76. The molecule has 0 saturated heterocycles. The first-order valence-electron chi connectivity index (χ1n) is 22.0. The van der Waals surface area contributed by atoms with E-state index >= 15 is 0 Å². The largest absolute Gasteiger partial charge is 0.394 e. The van der Waals surface area contributed by atoms with Crippen LogP contribution in [0.4, 0.5) is 0 Å². The minimum atomic E-state index is -0.845. The van der Waals surface area contributed by atoms with Gasteiger partial charge in [0.2, 0.25) is 5.91 Å². The summed E-state index contributed by atoms with van der Waals surface area (Å²) in [4.78, 5) is 12.4. The molecule has 0 aliphatic heterocycles. The van der Waals surface area contributed by atoms with E-state index in [0.717, 1.165) is 57.8 Å². The zero-order valence-corrected chi connectivity index (χ0v) is 33.9. The van der Waals surface area contributed by atoms with Gasteiger partial charge < -0.3 is 15.5 Å². The summed E-state index contributed by atoms with van der Waals surface area (Å²) in [6, 6.07) is -0.628. The molecule has 3 N–H and O–H groups in total. The number of carbonyl (C=O) groups excluding carboxylic acids is 1. The van der Waals surface area contributed by atoms with E-state index in [1.54, 1.807) is 6.08 Å². The Morgan fingerprint density at radius 3 is 1.29 bits per heavy atom. The molecule has 0 aromatic carbocycles. The van der Waals surface area contributed by atoms with Gasteiger partial charge in [0.05, 0.1) is 18.8 Å². The second kappa shape index (κ2) is 42.5. The molecule has 296 valence electrons. The van der Waals surface area contributed by atoms with Crippen molar-refractivity contribution in [3.8, 4) is 0 Å². The smallest absolute Gasteiger partial charge is 0.220 e. The van der Waals surface area contributed by atoms with Gasteiger partial charge in [-0.05, 0) is 57.8 Å². The molecule has 0 radical (unpaired) electrons. The van der Waals surface area contributed by atoms with Gasteiger partial charge in [0, 0.05) is 6.42 Å². The number of allylic oxidation sites excluding steroid dienone is 9. The van der Waals surface area contributed by atoms with Crippen LogP contribution in [-0.4, -0.2) is 34.9 Å². The van der Waals surface area contributed by atoms with E-state index < -0.39 is 12.1 Å². The van der Waals surface area contributed by atoms with Crippen molar-refractivity contribution in [1.29, 1.82) is 0 Å². The minimum absolute atomic E-state index is 0.0739. The SMILES string of the molecule is CC/C=C\C/C=C\C/C=C\C/C=C\CCCCCCCCCCC(=O)NC(CO)C(O)/C=C/CCCCCCCCCCCCCCCCCC. The predicted octanol–water partition coefficient (Wildman–Crippen LogP) is 13.7. The van der Waals surface area contributed by atoms with Crippen LogP contribution in [0.15, 0.2) is 60.8 Å². The van der Waals surface area contributed by atoms with E-state index in [2.05, 4.69) is 67.8 Å². The van der Waals surface area contributed by atoms with Crippen molar-refractivity contribution in [2.75, 3.05) is 6.61 Å². The Kier molecular flexibility index (Phi) is 40.9. The highest BCUT2D eigenvalue weighted by Crippen LogP contribution is 2.15. The normalized spacial score (nSPS) is 13.6. The minimum Gasteiger partial charge on any atom is -0.394 e. The molecule has 0 bridgehead atoms. The number of amides is 1. The van der Waals surface area contributed by atoms with Crippen molar-refractivity contribution >= 4 is 5.91 Å².